The van der Waals surface area contributed by atoms with Crippen LogP contribution in [0.1, 0.15) is 27.0 Å². The predicted molar refractivity (Wildman–Crippen MR) is 113 cm³/mol. The number of nitrogens with two attached hydrogens (primary N) is 1. The third-order valence-electron chi connectivity index (χ3n) is 4.49. The highest BCUT2D eigenvalue weighted by Crippen LogP contribution is 2.26. The largest absolute Gasteiger partial charge is 0.483 e. The van der Waals surface area contributed by atoms with Crippen LogP contribution in [0.4, 0.5) is 5.82 Å². The number of nitrogens with one attached hydrogen (secondary N) is 2. The summed E-state index contributed by atoms with van der Waals surface area (Å²) in [6.45, 7) is 4.98. The number of aromatic amines is 1. The molecular weight excluding hydrogens is 408 g/mol. The van der Waals surface area contributed by atoms with Gasteiger partial charge in [0.2, 0.25) is 10.0 Å². The van der Waals surface area contributed by atoms with Crippen molar-refractivity contribution in [2.45, 2.75) is 25.7 Å². The molecule has 0 atom stereocenters. The molecule has 0 aliphatic carbocycles. The van der Waals surface area contributed by atoms with Gasteiger partial charge < -0.3 is 10.4 Å². The van der Waals surface area contributed by atoms with Crippen molar-refractivity contribution in [3.8, 4) is 11.3 Å². The number of amides is 1. The molecule has 1 heterocycles. The second kappa shape index (κ2) is 9.33. The van der Waals surface area contributed by atoms with E-state index in [1.54, 1.807) is 19.9 Å². The number of sulfonamides is 1. The van der Waals surface area contributed by atoms with E-state index in [4.69, 9.17) is 15.0 Å². The molecule has 0 bridgehead atoms. The highest BCUT2D eigenvalue weighted by atomic mass is 32.2. The van der Waals surface area contributed by atoms with Gasteiger partial charge in [0, 0.05) is 11.1 Å². The van der Waals surface area contributed by atoms with E-state index in [1.165, 1.54) is 6.07 Å². The van der Waals surface area contributed by atoms with E-state index in [-0.39, 0.29) is 16.9 Å². The lowest BCUT2D eigenvalue weighted by atomic mass is 10.1. The number of carbonyl (C=O) groups is 2. The van der Waals surface area contributed by atoms with Gasteiger partial charge in [0.1, 0.15) is 0 Å². The molecule has 1 aromatic heterocycles. The van der Waals surface area contributed by atoms with Gasteiger partial charge in [0.15, 0.2) is 5.82 Å². The van der Waals surface area contributed by atoms with Crippen LogP contribution in [0.15, 0.2) is 47.4 Å². The van der Waals surface area contributed by atoms with E-state index >= 15 is 0 Å². The molecule has 3 rings (SSSR count). The minimum Gasteiger partial charge on any atom is -0.483 e. The van der Waals surface area contributed by atoms with Crippen molar-refractivity contribution in [2.75, 3.05) is 5.32 Å². The molecule has 30 heavy (non-hydrogen) atoms. The van der Waals surface area contributed by atoms with E-state index in [2.05, 4.69) is 15.5 Å². The molecule has 0 aliphatic heterocycles. The number of anilines is 1. The maximum atomic E-state index is 12.7. The maximum absolute atomic E-state index is 12.7. The average Bonchev–Trinajstić information content (AvgIpc) is 3.04. The van der Waals surface area contributed by atoms with Crippen LogP contribution in [0.3, 0.4) is 0 Å². The highest BCUT2D eigenvalue weighted by molar-refractivity contribution is 7.89. The van der Waals surface area contributed by atoms with E-state index in [9.17, 15) is 13.2 Å². The van der Waals surface area contributed by atoms with Crippen LogP contribution in [0.25, 0.3) is 11.3 Å². The van der Waals surface area contributed by atoms with Crippen molar-refractivity contribution in [2.24, 2.45) is 5.14 Å². The molecular formula is C20H22N4O5S. The second-order valence-electron chi connectivity index (χ2n) is 6.46. The Balaban J connectivity index is 0.00000101. The van der Waals surface area contributed by atoms with Crippen molar-refractivity contribution >= 4 is 28.2 Å². The van der Waals surface area contributed by atoms with Gasteiger partial charge in [-0.15, -0.1) is 0 Å². The number of benzene rings is 2. The van der Waals surface area contributed by atoms with Crippen LogP contribution in [0.5, 0.6) is 0 Å². The van der Waals surface area contributed by atoms with Crippen LogP contribution >= 0.6 is 0 Å². The minimum absolute atomic E-state index is 0.0589. The van der Waals surface area contributed by atoms with Gasteiger partial charge in [-0.05, 0) is 49.6 Å². The fourth-order valence-corrected chi connectivity index (χ4v) is 3.72. The first-order chi connectivity index (χ1) is 14.1. The summed E-state index contributed by atoms with van der Waals surface area (Å²) in [6.07, 6.45) is 0. The Labute approximate surface area is 174 Å². The lowest BCUT2D eigenvalue weighted by Crippen LogP contribution is -2.18. The van der Waals surface area contributed by atoms with Crippen molar-refractivity contribution in [1.29, 1.82) is 0 Å². The third-order valence-corrected chi connectivity index (χ3v) is 5.53. The monoisotopic (exact) mass is 430 g/mol. The fraction of sp³-hybridized carbons (Fsp3) is 0.150. The Hall–Kier alpha value is -3.50. The molecule has 0 spiro atoms. The summed E-state index contributed by atoms with van der Waals surface area (Å²) in [5.41, 5.74) is 3.92. The summed E-state index contributed by atoms with van der Waals surface area (Å²) < 4.78 is 23.6. The fourth-order valence-electron chi connectivity index (χ4n) is 2.84. The molecule has 0 saturated heterocycles. The molecule has 158 valence electrons. The van der Waals surface area contributed by atoms with Gasteiger partial charge in [-0.3, -0.25) is 14.7 Å². The first-order valence-electron chi connectivity index (χ1n) is 8.73. The smallest absolute Gasteiger partial charge is 0.290 e. The van der Waals surface area contributed by atoms with E-state index in [0.717, 1.165) is 16.8 Å². The van der Waals surface area contributed by atoms with Gasteiger partial charge in [0.05, 0.1) is 10.6 Å². The number of aryl methyl sites for hydroxylation is 1. The molecule has 0 aliphatic rings. The van der Waals surface area contributed by atoms with Gasteiger partial charge in [-0.2, -0.15) is 5.10 Å². The normalized spacial score (nSPS) is 10.7. The number of rotatable bonds is 4. The van der Waals surface area contributed by atoms with Crippen molar-refractivity contribution in [1.82, 2.24) is 10.2 Å². The minimum atomic E-state index is -3.93. The number of hydrogen-bond acceptors (Lipinski definition) is 5. The first kappa shape index (κ1) is 22.8. The van der Waals surface area contributed by atoms with E-state index < -0.39 is 15.9 Å². The standard InChI is InChI=1S/C19H20N4O3S.CH2O2/c1-11-9-15(10-16(12(11)2)27(20,25)26)19(24)21-18-13(3)17(22-23-18)14-7-5-4-6-8-14;2-1-3/h4-10H,1-3H3,(H2,20,25,26)(H2,21,22,23,24);1H,(H,2,3). The van der Waals surface area contributed by atoms with Gasteiger partial charge in [-0.25, -0.2) is 13.6 Å². The number of aromatic nitrogens is 2. The zero-order chi connectivity index (χ0) is 22.5. The zero-order valence-electron chi connectivity index (χ0n) is 16.6. The molecule has 0 fully saturated rings. The number of hydrogen-bond donors (Lipinski definition) is 4. The molecule has 0 unspecified atom stereocenters. The van der Waals surface area contributed by atoms with E-state index in [0.29, 0.717) is 16.9 Å². The summed E-state index contributed by atoms with van der Waals surface area (Å²) in [6, 6.07) is 12.5. The van der Waals surface area contributed by atoms with Crippen molar-refractivity contribution < 1.29 is 23.1 Å². The quantitative estimate of drug-likeness (QED) is 0.466. The van der Waals surface area contributed by atoms with Crippen molar-refractivity contribution in [3.05, 3.63) is 64.7 Å². The third kappa shape index (κ3) is 5.10. The summed E-state index contributed by atoms with van der Waals surface area (Å²) in [7, 11) is -3.93. The highest BCUT2D eigenvalue weighted by Gasteiger charge is 2.19. The number of H-pyrrole nitrogens is 1. The Morgan fingerprint density at radius 1 is 1.13 bits per heavy atom. The topological polar surface area (TPSA) is 155 Å². The number of nitrogens with zero attached hydrogens (tertiary/aromatic N) is 1. The summed E-state index contributed by atoms with van der Waals surface area (Å²) in [5, 5.41) is 22.0. The van der Waals surface area contributed by atoms with Crippen molar-refractivity contribution in [3.63, 3.8) is 0 Å². The van der Waals surface area contributed by atoms with Crippen LogP contribution < -0.4 is 10.5 Å². The molecule has 0 saturated carbocycles. The Morgan fingerprint density at radius 2 is 1.73 bits per heavy atom. The number of primary sulfonamides is 1. The molecule has 3 aromatic rings. The maximum Gasteiger partial charge on any atom is 0.290 e. The van der Waals surface area contributed by atoms with Crippen LogP contribution in [-0.2, 0) is 14.8 Å². The summed E-state index contributed by atoms with van der Waals surface area (Å²) >= 11 is 0. The van der Waals surface area contributed by atoms with Gasteiger partial charge in [0.25, 0.3) is 12.4 Å². The first-order valence-corrected chi connectivity index (χ1v) is 10.3. The molecule has 9 nitrogen and oxygen atoms in total. The Morgan fingerprint density at radius 3 is 2.30 bits per heavy atom. The molecule has 10 heteroatoms. The predicted octanol–water partition coefficient (Wildman–Crippen LogP) is 2.60. The molecule has 2 aromatic carbocycles. The zero-order valence-corrected chi connectivity index (χ0v) is 17.4. The SMILES string of the molecule is Cc1cc(C(=O)Nc2n[nH]c(-c3ccccc3)c2C)cc(S(N)(=O)=O)c1C.O=CO. The average molecular weight is 430 g/mol. The lowest BCUT2D eigenvalue weighted by molar-refractivity contribution is -0.122. The molecule has 5 N–H and O–H groups in total. The Bertz CT molecular complexity index is 1170. The second-order valence-corrected chi connectivity index (χ2v) is 7.99. The summed E-state index contributed by atoms with van der Waals surface area (Å²) in [5.74, 6) is -0.0774. The molecule has 0 radical (unpaired) electrons. The number of carboxylic acid groups (broad SMARTS) is 1. The van der Waals surface area contributed by atoms with Crippen LogP contribution in [0, 0.1) is 20.8 Å². The number of carbonyl (C=O) groups excluding carboxylic acids is 1. The summed E-state index contributed by atoms with van der Waals surface area (Å²) in [4.78, 5) is 21.0. The van der Waals surface area contributed by atoms with Gasteiger partial charge >= 0.3 is 0 Å². The van der Waals surface area contributed by atoms with Crippen LogP contribution in [0.2, 0.25) is 0 Å². The van der Waals surface area contributed by atoms with E-state index in [1.807, 2.05) is 37.3 Å². The van der Waals surface area contributed by atoms with Gasteiger partial charge in [-0.1, -0.05) is 30.3 Å². The Kier molecular flexibility index (Phi) is 7.09. The van der Waals surface area contributed by atoms with Crippen LogP contribution in [-0.4, -0.2) is 36.1 Å². The molecule has 1 amide bonds. The lowest BCUT2D eigenvalue weighted by Gasteiger charge is -2.10.